The molecule has 12 heavy (non-hydrogen) atoms. The summed E-state index contributed by atoms with van der Waals surface area (Å²) in [6, 6.07) is 0. The average molecular weight is 227 g/mol. The summed E-state index contributed by atoms with van der Waals surface area (Å²) in [6.07, 6.45) is 0. The Morgan fingerprint density at radius 2 is 2.42 bits per heavy atom. The van der Waals surface area contributed by atoms with Crippen molar-refractivity contribution in [1.82, 2.24) is 0 Å². The van der Waals surface area contributed by atoms with Crippen LogP contribution >= 0.6 is 35.1 Å². The second kappa shape index (κ2) is 5.25. The first kappa shape index (κ1) is 10.5. The number of alkyl halides is 1. The third-order valence-corrected chi connectivity index (χ3v) is 4.47. The molecule has 2 atom stereocenters. The molecule has 0 aliphatic carbocycles. The lowest BCUT2D eigenvalue weighted by atomic mass is 10.6. The highest BCUT2D eigenvalue weighted by atomic mass is 35.5. The third-order valence-electron chi connectivity index (χ3n) is 1.36. The van der Waals surface area contributed by atoms with E-state index in [-0.39, 0.29) is 17.3 Å². The fourth-order valence-corrected chi connectivity index (χ4v) is 3.59. The number of halogens is 1. The van der Waals surface area contributed by atoms with E-state index in [1.165, 1.54) is 0 Å². The second-order valence-corrected chi connectivity index (χ2v) is 5.48. The third kappa shape index (κ3) is 3.46. The van der Waals surface area contributed by atoms with Crippen molar-refractivity contribution in [3.8, 4) is 0 Å². The van der Waals surface area contributed by atoms with E-state index in [9.17, 15) is 4.79 Å². The summed E-state index contributed by atoms with van der Waals surface area (Å²) in [4.78, 5) is 10.8. The summed E-state index contributed by atoms with van der Waals surface area (Å²) >= 11 is 8.85. The molecule has 2 nitrogen and oxygen atoms in total. The Morgan fingerprint density at radius 3 is 3.00 bits per heavy atom. The van der Waals surface area contributed by atoms with Crippen molar-refractivity contribution in [3.05, 3.63) is 0 Å². The molecule has 1 rings (SSSR count). The minimum absolute atomic E-state index is 0.00463. The van der Waals surface area contributed by atoms with E-state index in [4.69, 9.17) is 16.3 Å². The molecule has 1 saturated heterocycles. The molecule has 5 heteroatoms. The fourth-order valence-electron chi connectivity index (χ4n) is 0.908. The van der Waals surface area contributed by atoms with Gasteiger partial charge in [0.25, 0.3) is 0 Å². The molecule has 0 N–H and O–H groups in total. The largest absolute Gasteiger partial charge is 0.449 e. The molecule has 70 valence electrons. The van der Waals surface area contributed by atoms with Gasteiger partial charge in [-0.15, -0.1) is 23.4 Å². The monoisotopic (exact) mass is 226 g/mol. The molecule has 0 aromatic carbocycles. The number of esters is 1. The van der Waals surface area contributed by atoms with Crippen LogP contribution in [0, 0.1) is 0 Å². The summed E-state index contributed by atoms with van der Waals surface area (Å²) in [5.74, 6) is 1.66. The second-order valence-electron chi connectivity index (χ2n) is 2.54. The van der Waals surface area contributed by atoms with Crippen LogP contribution in [-0.4, -0.2) is 34.0 Å². The summed E-state index contributed by atoms with van der Waals surface area (Å²) in [5.41, 5.74) is 0.00463. The van der Waals surface area contributed by atoms with E-state index < -0.39 is 0 Å². The Hall–Kier alpha value is 0.460. The van der Waals surface area contributed by atoms with Crippen LogP contribution in [0.3, 0.4) is 0 Å². The van der Waals surface area contributed by atoms with Gasteiger partial charge in [0.1, 0.15) is 5.88 Å². The molecule has 2 unspecified atom stereocenters. The Balaban J connectivity index is 2.27. The minimum Gasteiger partial charge on any atom is -0.449 e. The van der Waals surface area contributed by atoms with Gasteiger partial charge in [-0.2, -0.15) is 11.8 Å². The van der Waals surface area contributed by atoms with Crippen LogP contribution in [0.1, 0.15) is 6.92 Å². The van der Waals surface area contributed by atoms with Crippen molar-refractivity contribution in [3.63, 3.8) is 0 Å². The quantitative estimate of drug-likeness (QED) is 0.531. The van der Waals surface area contributed by atoms with Crippen molar-refractivity contribution in [2.45, 2.75) is 17.6 Å². The highest BCUT2D eigenvalue weighted by molar-refractivity contribution is 8.07. The lowest BCUT2D eigenvalue weighted by Crippen LogP contribution is -2.25. The van der Waals surface area contributed by atoms with Crippen molar-refractivity contribution in [2.24, 2.45) is 0 Å². The van der Waals surface area contributed by atoms with E-state index >= 15 is 0 Å². The molecule has 1 heterocycles. The van der Waals surface area contributed by atoms with Gasteiger partial charge in [0.15, 0.2) is 5.44 Å². The maximum absolute atomic E-state index is 10.8. The first-order valence-electron chi connectivity index (χ1n) is 3.71. The zero-order chi connectivity index (χ0) is 8.97. The molecule has 0 saturated carbocycles. The molecule has 0 aromatic rings. The van der Waals surface area contributed by atoms with Crippen LogP contribution in [0.4, 0.5) is 0 Å². The zero-order valence-electron chi connectivity index (χ0n) is 6.79. The molecule has 0 radical (unpaired) electrons. The summed E-state index contributed by atoms with van der Waals surface area (Å²) in [7, 11) is 0. The molecule has 1 fully saturated rings. The van der Waals surface area contributed by atoms with Gasteiger partial charge in [0.05, 0.1) is 0 Å². The SMILES string of the molecule is CC1CSCC(OC(=O)CCl)S1. The standard InChI is InChI=1S/C7H11ClO2S2/c1-5-3-11-4-7(12-5)10-6(9)2-8/h5,7H,2-4H2,1H3. The van der Waals surface area contributed by atoms with Gasteiger partial charge >= 0.3 is 5.97 Å². The maximum Gasteiger partial charge on any atom is 0.322 e. The van der Waals surface area contributed by atoms with Gasteiger partial charge in [-0.05, 0) is 0 Å². The Kier molecular flexibility index (Phi) is 4.61. The van der Waals surface area contributed by atoms with E-state index in [0.29, 0.717) is 5.25 Å². The van der Waals surface area contributed by atoms with Crippen LogP contribution < -0.4 is 0 Å². The molecular formula is C7H11ClO2S2. The number of rotatable bonds is 2. The van der Waals surface area contributed by atoms with Gasteiger partial charge < -0.3 is 4.74 Å². The van der Waals surface area contributed by atoms with Gasteiger partial charge in [0.2, 0.25) is 0 Å². The van der Waals surface area contributed by atoms with Crippen LogP contribution in [-0.2, 0) is 9.53 Å². The molecule has 1 aliphatic rings. The van der Waals surface area contributed by atoms with Crippen LogP contribution in [0.2, 0.25) is 0 Å². The van der Waals surface area contributed by atoms with Crippen LogP contribution in [0.15, 0.2) is 0 Å². The molecule has 0 amide bonds. The van der Waals surface area contributed by atoms with E-state index in [1.807, 2.05) is 11.8 Å². The Labute approximate surface area is 85.7 Å². The summed E-state index contributed by atoms with van der Waals surface area (Å²) < 4.78 is 5.08. The van der Waals surface area contributed by atoms with Crippen LogP contribution in [0.5, 0.6) is 0 Å². The predicted octanol–water partition coefficient (Wildman–Crippen LogP) is 1.96. The van der Waals surface area contributed by atoms with Gasteiger partial charge in [-0.1, -0.05) is 6.92 Å². The summed E-state index contributed by atoms with van der Waals surface area (Å²) in [5, 5.41) is 0.567. The number of hydrogen-bond donors (Lipinski definition) is 0. The van der Waals surface area contributed by atoms with E-state index in [1.54, 1.807) is 11.8 Å². The van der Waals surface area contributed by atoms with Gasteiger partial charge in [0, 0.05) is 16.8 Å². The lowest BCUT2D eigenvalue weighted by Gasteiger charge is -2.25. The first-order chi connectivity index (χ1) is 5.72. The van der Waals surface area contributed by atoms with Crippen molar-refractivity contribution < 1.29 is 9.53 Å². The minimum atomic E-state index is -0.316. The number of carbonyl (C=O) groups excluding carboxylic acids is 1. The van der Waals surface area contributed by atoms with Gasteiger partial charge in [-0.3, -0.25) is 4.79 Å². The van der Waals surface area contributed by atoms with E-state index in [2.05, 4.69) is 6.92 Å². The van der Waals surface area contributed by atoms with Crippen molar-refractivity contribution in [2.75, 3.05) is 17.4 Å². The Bertz CT molecular complexity index is 165. The predicted molar refractivity (Wildman–Crippen MR) is 55.0 cm³/mol. The van der Waals surface area contributed by atoms with E-state index in [0.717, 1.165) is 11.5 Å². The summed E-state index contributed by atoms with van der Waals surface area (Å²) in [6.45, 7) is 2.14. The molecule has 0 spiro atoms. The first-order valence-corrected chi connectivity index (χ1v) is 6.34. The highest BCUT2D eigenvalue weighted by Gasteiger charge is 2.22. The number of carbonyl (C=O) groups is 1. The molecule has 1 aliphatic heterocycles. The smallest absolute Gasteiger partial charge is 0.322 e. The fraction of sp³-hybridized carbons (Fsp3) is 0.857. The Morgan fingerprint density at radius 1 is 1.67 bits per heavy atom. The molecular weight excluding hydrogens is 216 g/mol. The van der Waals surface area contributed by atoms with Crippen molar-refractivity contribution in [1.29, 1.82) is 0 Å². The maximum atomic E-state index is 10.8. The highest BCUT2D eigenvalue weighted by Crippen LogP contribution is 2.30. The normalized spacial score (nSPS) is 29.8. The number of hydrogen-bond acceptors (Lipinski definition) is 4. The average Bonchev–Trinajstić information content (AvgIpc) is 2.04. The van der Waals surface area contributed by atoms with Gasteiger partial charge in [-0.25, -0.2) is 0 Å². The number of ether oxygens (including phenoxy) is 1. The zero-order valence-corrected chi connectivity index (χ0v) is 9.18. The number of thioether (sulfide) groups is 2. The van der Waals surface area contributed by atoms with Crippen LogP contribution in [0.25, 0.3) is 0 Å². The topological polar surface area (TPSA) is 26.3 Å². The molecule has 0 aromatic heterocycles. The molecule has 0 bridgehead atoms. The lowest BCUT2D eigenvalue weighted by molar-refractivity contribution is -0.141. The van der Waals surface area contributed by atoms with Crippen molar-refractivity contribution >= 4 is 41.1 Å².